The van der Waals surface area contributed by atoms with Crippen molar-refractivity contribution < 1.29 is 4.74 Å². The summed E-state index contributed by atoms with van der Waals surface area (Å²) >= 11 is 0. The van der Waals surface area contributed by atoms with Gasteiger partial charge in [-0.2, -0.15) is 4.98 Å². The van der Waals surface area contributed by atoms with Gasteiger partial charge in [0.15, 0.2) is 5.65 Å². The predicted molar refractivity (Wildman–Crippen MR) is 136 cm³/mol. The second-order valence-corrected chi connectivity index (χ2v) is 9.51. The second kappa shape index (κ2) is 9.14. The highest BCUT2D eigenvalue weighted by Crippen LogP contribution is 2.37. The Kier molecular flexibility index (Phi) is 6.07. The molecule has 33 heavy (non-hydrogen) atoms. The van der Waals surface area contributed by atoms with Gasteiger partial charge >= 0.3 is 0 Å². The maximum atomic E-state index is 6.30. The molecule has 0 saturated heterocycles. The number of rotatable bonds is 6. The van der Waals surface area contributed by atoms with E-state index in [1.807, 2.05) is 6.92 Å². The summed E-state index contributed by atoms with van der Waals surface area (Å²) in [5, 5.41) is 5.79. The Hall–Kier alpha value is -2.92. The van der Waals surface area contributed by atoms with Crippen LogP contribution in [0.15, 0.2) is 36.4 Å². The molecule has 0 bridgehead atoms. The highest BCUT2D eigenvalue weighted by Gasteiger charge is 2.21. The number of fused-ring (bicyclic) bond motifs is 3. The van der Waals surface area contributed by atoms with Crippen molar-refractivity contribution >= 4 is 21.9 Å². The van der Waals surface area contributed by atoms with Crippen LogP contribution in [-0.4, -0.2) is 33.7 Å². The number of aromatic nitrogens is 3. The number of aryl methyl sites for hydroxylation is 4. The van der Waals surface area contributed by atoms with Crippen LogP contribution in [0.2, 0.25) is 0 Å². The zero-order valence-corrected chi connectivity index (χ0v) is 20.2. The van der Waals surface area contributed by atoms with Crippen LogP contribution in [0.1, 0.15) is 54.6 Å². The summed E-state index contributed by atoms with van der Waals surface area (Å²) in [6.07, 6.45) is 6.60. The SMILES string of the molecule is Cc1cc(C)c(-n2c3ccccc3c3c(OCCNC4CCCCC4)nc(C)nc32)c(C)c1. The molecule has 5 rings (SSSR count). The molecule has 1 aliphatic rings. The summed E-state index contributed by atoms with van der Waals surface area (Å²) in [5.41, 5.74) is 6.99. The average molecular weight is 443 g/mol. The molecule has 2 aromatic carbocycles. The van der Waals surface area contributed by atoms with E-state index in [1.165, 1.54) is 54.5 Å². The Labute approximate surface area is 196 Å². The summed E-state index contributed by atoms with van der Waals surface area (Å²) in [5.74, 6) is 1.41. The molecule has 0 unspecified atom stereocenters. The van der Waals surface area contributed by atoms with Crippen molar-refractivity contribution in [2.24, 2.45) is 0 Å². The zero-order valence-electron chi connectivity index (χ0n) is 20.2. The lowest BCUT2D eigenvalue weighted by Gasteiger charge is -2.22. The molecule has 4 aromatic rings. The summed E-state index contributed by atoms with van der Waals surface area (Å²) < 4.78 is 8.59. The highest BCUT2D eigenvalue weighted by atomic mass is 16.5. The van der Waals surface area contributed by atoms with Gasteiger partial charge in [0.2, 0.25) is 5.88 Å². The molecule has 1 N–H and O–H groups in total. The fraction of sp³-hybridized carbons (Fsp3) is 0.429. The first kappa shape index (κ1) is 21.9. The van der Waals surface area contributed by atoms with Crippen LogP contribution in [-0.2, 0) is 0 Å². The predicted octanol–water partition coefficient (Wildman–Crippen LogP) is 6.11. The Bertz CT molecular complexity index is 1280. The van der Waals surface area contributed by atoms with Crippen LogP contribution in [0, 0.1) is 27.7 Å². The molecule has 1 aliphatic carbocycles. The van der Waals surface area contributed by atoms with Crippen molar-refractivity contribution in [1.29, 1.82) is 0 Å². The van der Waals surface area contributed by atoms with Gasteiger partial charge in [-0.05, 0) is 57.7 Å². The largest absolute Gasteiger partial charge is 0.476 e. The lowest BCUT2D eigenvalue weighted by molar-refractivity contribution is 0.283. The van der Waals surface area contributed by atoms with E-state index >= 15 is 0 Å². The number of nitrogens with zero attached hydrogens (tertiary/aromatic N) is 3. The standard InChI is InChI=1S/C28H34N4O/c1-18-16-19(2)26(20(3)17-18)32-24-13-9-8-12-23(24)25-27(32)30-21(4)31-28(25)33-15-14-29-22-10-6-5-7-11-22/h8-9,12-13,16-17,22,29H,5-7,10-11,14-15H2,1-4H3. The van der Waals surface area contributed by atoms with Gasteiger partial charge in [-0.25, -0.2) is 4.98 Å². The Balaban J connectivity index is 1.56. The third kappa shape index (κ3) is 4.22. The third-order valence-electron chi connectivity index (χ3n) is 6.83. The summed E-state index contributed by atoms with van der Waals surface area (Å²) in [6, 6.07) is 13.6. The lowest BCUT2D eigenvalue weighted by Crippen LogP contribution is -2.34. The molecule has 5 nitrogen and oxygen atoms in total. The van der Waals surface area contributed by atoms with Crippen molar-refractivity contribution in [3.63, 3.8) is 0 Å². The van der Waals surface area contributed by atoms with Gasteiger partial charge in [0, 0.05) is 18.0 Å². The highest BCUT2D eigenvalue weighted by molar-refractivity contribution is 6.10. The van der Waals surface area contributed by atoms with Crippen molar-refractivity contribution in [3.8, 4) is 11.6 Å². The van der Waals surface area contributed by atoms with E-state index in [9.17, 15) is 0 Å². The molecule has 0 amide bonds. The first-order valence-electron chi connectivity index (χ1n) is 12.2. The van der Waals surface area contributed by atoms with Gasteiger partial charge < -0.3 is 10.1 Å². The van der Waals surface area contributed by atoms with Crippen molar-refractivity contribution in [2.75, 3.05) is 13.2 Å². The van der Waals surface area contributed by atoms with Gasteiger partial charge in [-0.15, -0.1) is 0 Å². The number of para-hydroxylation sites is 1. The topological polar surface area (TPSA) is 52.0 Å². The van der Waals surface area contributed by atoms with Crippen LogP contribution in [0.4, 0.5) is 0 Å². The van der Waals surface area contributed by atoms with Crippen LogP contribution >= 0.6 is 0 Å². The first-order valence-corrected chi connectivity index (χ1v) is 12.2. The van der Waals surface area contributed by atoms with E-state index < -0.39 is 0 Å². The van der Waals surface area contributed by atoms with Crippen LogP contribution < -0.4 is 10.1 Å². The Morgan fingerprint density at radius 3 is 2.45 bits per heavy atom. The van der Waals surface area contributed by atoms with Crippen molar-refractivity contribution in [2.45, 2.75) is 65.8 Å². The quantitative estimate of drug-likeness (QED) is 0.366. The first-order chi connectivity index (χ1) is 16.0. The lowest BCUT2D eigenvalue weighted by atomic mass is 9.96. The van der Waals surface area contributed by atoms with Gasteiger partial charge in [-0.3, -0.25) is 4.57 Å². The van der Waals surface area contributed by atoms with Crippen LogP contribution in [0.25, 0.3) is 27.6 Å². The molecule has 0 atom stereocenters. The maximum absolute atomic E-state index is 6.30. The fourth-order valence-electron chi connectivity index (χ4n) is 5.50. The number of benzene rings is 2. The van der Waals surface area contributed by atoms with Crippen LogP contribution in [0.5, 0.6) is 5.88 Å². The number of ether oxygens (including phenoxy) is 1. The smallest absolute Gasteiger partial charge is 0.227 e. The molecule has 172 valence electrons. The number of nitrogens with one attached hydrogen (secondary N) is 1. The normalized spacial score (nSPS) is 14.9. The summed E-state index contributed by atoms with van der Waals surface area (Å²) in [7, 11) is 0. The number of hydrogen-bond donors (Lipinski definition) is 1. The molecule has 2 aromatic heterocycles. The Morgan fingerprint density at radius 2 is 1.70 bits per heavy atom. The van der Waals surface area contributed by atoms with Gasteiger partial charge in [0.05, 0.1) is 16.6 Å². The minimum Gasteiger partial charge on any atom is -0.476 e. The monoisotopic (exact) mass is 442 g/mol. The summed E-state index contributed by atoms with van der Waals surface area (Å²) in [4.78, 5) is 9.64. The van der Waals surface area contributed by atoms with E-state index in [-0.39, 0.29) is 0 Å². The van der Waals surface area contributed by atoms with E-state index in [2.05, 4.69) is 67.1 Å². The average Bonchev–Trinajstić information content (AvgIpc) is 3.11. The van der Waals surface area contributed by atoms with E-state index in [1.54, 1.807) is 0 Å². The molecule has 1 fully saturated rings. The Morgan fingerprint density at radius 1 is 0.970 bits per heavy atom. The van der Waals surface area contributed by atoms with Crippen molar-refractivity contribution in [1.82, 2.24) is 19.9 Å². The third-order valence-corrected chi connectivity index (χ3v) is 6.83. The molecule has 5 heteroatoms. The summed E-state index contributed by atoms with van der Waals surface area (Å²) in [6.45, 7) is 9.89. The fourth-order valence-corrected chi connectivity index (χ4v) is 5.50. The van der Waals surface area contributed by atoms with Gasteiger partial charge in [-0.1, -0.05) is 55.2 Å². The van der Waals surface area contributed by atoms with E-state index in [0.29, 0.717) is 18.5 Å². The molecular formula is C28H34N4O. The molecule has 0 spiro atoms. The molecular weight excluding hydrogens is 408 g/mol. The van der Waals surface area contributed by atoms with E-state index in [4.69, 9.17) is 14.7 Å². The maximum Gasteiger partial charge on any atom is 0.227 e. The van der Waals surface area contributed by atoms with E-state index in [0.717, 1.165) is 34.3 Å². The molecule has 0 radical (unpaired) electrons. The molecule has 0 aliphatic heterocycles. The minimum atomic E-state index is 0.601. The molecule has 1 saturated carbocycles. The molecule has 2 heterocycles. The van der Waals surface area contributed by atoms with Gasteiger partial charge in [0.25, 0.3) is 0 Å². The minimum absolute atomic E-state index is 0.601. The van der Waals surface area contributed by atoms with Gasteiger partial charge in [0.1, 0.15) is 12.4 Å². The van der Waals surface area contributed by atoms with Crippen molar-refractivity contribution in [3.05, 3.63) is 58.9 Å². The number of hydrogen-bond acceptors (Lipinski definition) is 4. The zero-order chi connectivity index (χ0) is 22.9. The van der Waals surface area contributed by atoms with Crippen LogP contribution in [0.3, 0.4) is 0 Å². The second-order valence-electron chi connectivity index (χ2n) is 9.51.